The maximum Gasteiger partial charge on any atom is 0.165 e. The van der Waals surface area contributed by atoms with Gasteiger partial charge >= 0.3 is 0 Å². The highest BCUT2D eigenvalue weighted by molar-refractivity contribution is 5.78. The molecule has 2 N–H and O–H groups in total. The van der Waals surface area contributed by atoms with E-state index in [4.69, 9.17) is 10.5 Å². The number of ether oxygens (including phenoxy) is 1. The number of nitrogens with two attached hydrogens (primary N) is 1. The van der Waals surface area contributed by atoms with Crippen molar-refractivity contribution >= 4 is 10.9 Å². The van der Waals surface area contributed by atoms with Gasteiger partial charge in [-0.2, -0.15) is 0 Å². The summed E-state index contributed by atoms with van der Waals surface area (Å²) in [4.78, 5) is 4.50. The molecule has 0 unspecified atom stereocenters. The van der Waals surface area contributed by atoms with Crippen molar-refractivity contribution in [2.75, 3.05) is 0 Å². The molecule has 0 saturated heterocycles. The van der Waals surface area contributed by atoms with Crippen molar-refractivity contribution in [2.24, 2.45) is 5.73 Å². The van der Waals surface area contributed by atoms with E-state index in [0.717, 1.165) is 16.6 Å². The van der Waals surface area contributed by atoms with Crippen LogP contribution in [0.4, 0.5) is 4.39 Å². The van der Waals surface area contributed by atoms with E-state index in [9.17, 15) is 4.39 Å². The van der Waals surface area contributed by atoms with Crippen LogP contribution in [0.5, 0.6) is 5.75 Å². The van der Waals surface area contributed by atoms with Gasteiger partial charge in [-0.15, -0.1) is 0 Å². The van der Waals surface area contributed by atoms with Crippen molar-refractivity contribution in [2.45, 2.75) is 13.2 Å². The number of para-hydroxylation sites is 2. The van der Waals surface area contributed by atoms with Gasteiger partial charge in [-0.1, -0.05) is 36.4 Å². The molecule has 0 fully saturated rings. The van der Waals surface area contributed by atoms with Crippen molar-refractivity contribution in [1.29, 1.82) is 0 Å². The lowest BCUT2D eigenvalue weighted by atomic mass is 10.2. The second-order valence-electron chi connectivity index (χ2n) is 4.72. The number of benzene rings is 2. The molecule has 3 aromatic rings. The molecular formula is C17H15FN2O. The van der Waals surface area contributed by atoms with Crippen molar-refractivity contribution < 1.29 is 9.13 Å². The number of pyridine rings is 1. The molecule has 1 aromatic heterocycles. The first-order valence-electron chi connectivity index (χ1n) is 6.73. The molecule has 0 aliphatic carbocycles. The van der Waals surface area contributed by atoms with Gasteiger partial charge in [0.2, 0.25) is 0 Å². The first-order valence-corrected chi connectivity index (χ1v) is 6.73. The van der Waals surface area contributed by atoms with E-state index in [-0.39, 0.29) is 18.9 Å². The molecule has 0 aliphatic heterocycles. The summed E-state index contributed by atoms with van der Waals surface area (Å²) in [6, 6.07) is 16.4. The highest BCUT2D eigenvalue weighted by Crippen LogP contribution is 2.23. The van der Waals surface area contributed by atoms with Crippen molar-refractivity contribution in [3.63, 3.8) is 0 Å². The highest BCUT2D eigenvalue weighted by Gasteiger charge is 2.09. The normalized spacial score (nSPS) is 10.8. The third-order valence-electron chi connectivity index (χ3n) is 3.29. The Kier molecular flexibility index (Phi) is 3.79. The molecule has 2 aromatic carbocycles. The first kappa shape index (κ1) is 13.5. The standard InChI is InChI=1S/C17H15FN2O/c18-15-6-3-5-13(10-19)17(15)21-11-14-9-8-12-4-1-2-7-16(12)20-14/h1-9H,10-11,19H2. The molecule has 0 radical (unpaired) electrons. The lowest BCUT2D eigenvalue weighted by Gasteiger charge is -2.11. The molecule has 21 heavy (non-hydrogen) atoms. The first-order chi connectivity index (χ1) is 10.3. The zero-order valence-corrected chi connectivity index (χ0v) is 11.4. The summed E-state index contributed by atoms with van der Waals surface area (Å²) in [5.74, 6) is -0.200. The van der Waals surface area contributed by atoms with Gasteiger partial charge in [-0.05, 0) is 18.2 Å². The van der Waals surface area contributed by atoms with Crippen molar-refractivity contribution in [3.8, 4) is 5.75 Å². The van der Waals surface area contributed by atoms with Gasteiger partial charge in [0, 0.05) is 17.5 Å². The summed E-state index contributed by atoms with van der Waals surface area (Å²) in [6.07, 6.45) is 0. The minimum atomic E-state index is -0.404. The monoisotopic (exact) mass is 282 g/mol. The Bertz CT molecular complexity index is 774. The second kappa shape index (κ2) is 5.89. The molecule has 3 rings (SSSR count). The summed E-state index contributed by atoms with van der Waals surface area (Å²) in [5.41, 5.74) is 7.89. The van der Waals surface area contributed by atoms with Crippen LogP contribution in [0.2, 0.25) is 0 Å². The number of halogens is 1. The number of fused-ring (bicyclic) bond motifs is 1. The van der Waals surface area contributed by atoms with E-state index in [0.29, 0.717) is 5.56 Å². The fourth-order valence-electron chi connectivity index (χ4n) is 2.21. The Morgan fingerprint density at radius 3 is 2.71 bits per heavy atom. The Morgan fingerprint density at radius 2 is 1.86 bits per heavy atom. The highest BCUT2D eigenvalue weighted by atomic mass is 19.1. The van der Waals surface area contributed by atoms with Gasteiger partial charge in [0.25, 0.3) is 0 Å². The summed E-state index contributed by atoms with van der Waals surface area (Å²) in [5, 5.41) is 1.06. The van der Waals surface area contributed by atoms with E-state index in [1.807, 2.05) is 36.4 Å². The third-order valence-corrected chi connectivity index (χ3v) is 3.29. The lowest BCUT2D eigenvalue weighted by Crippen LogP contribution is -2.05. The predicted octanol–water partition coefficient (Wildman–Crippen LogP) is 3.41. The SMILES string of the molecule is NCc1cccc(F)c1OCc1ccc2ccccc2n1. The van der Waals surface area contributed by atoms with Gasteiger partial charge in [-0.3, -0.25) is 0 Å². The second-order valence-corrected chi connectivity index (χ2v) is 4.72. The van der Waals surface area contributed by atoms with E-state index in [2.05, 4.69) is 4.98 Å². The molecule has 1 heterocycles. The number of hydrogen-bond acceptors (Lipinski definition) is 3. The summed E-state index contributed by atoms with van der Waals surface area (Å²) >= 11 is 0. The van der Waals surface area contributed by atoms with Crippen LogP contribution in [-0.2, 0) is 13.2 Å². The van der Waals surface area contributed by atoms with E-state index in [1.54, 1.807) is 12.1 Å². The fraction of sp³-hybridized carbons (Fsp3) is 0.118. The van der Waals surface area contributed by atoms with Crippen molar-refractivity contribution in [3.05, 3.63) is 71.7 Å². The quantitative estimate of drug-likeness (QED) is 0.797. The zero-order chi connectivity index (χ0) is 14.7. The largest absolute Gasteiger partial charge is 0.484 e. The number of hydrogen-bond donors (Lipinski definition) is 1. The van der Waals surface area contributed by atoms with Gasteiger partial charge in [-0.25, -0.2) is 9.37 Å². The zero-order valence-electron chi connectivity index (χ0n) is 11.4. The van der Waals surface area contributed by atoms with Crippen LogP contribution in [0.15, 0.2) is 54.6 Å². The predicted molar refractivity (Wildman–Crippen MR) is 80.4 cm³/mol. The molecule has 0 amide bonds. The Morgan fingerprint density at radius 1 is 1.00 bits per heavy atom. The maximum atomic E-state index is 13.8. The van der Waals surface area contributed by atoms with Gasteiger partial charge in [0.15, 0.2) is 11.6 Å². The fourth-order valence-corrected chi connectivity index (χ4v) is 2.21. The molecule has 0 bridgehead atoms. The van der Waals surface area contributed by atoms with E-state index < -0.39 is 5.82 Å². The molecule has 3 nitrogen and oxygen atoms in total. The van der Waals surface area contributed by atoms with Crippen LogP contribution in [0.3, 0.4) is 0 Å². The molecule has 0 saturated carbocycles. The van der Waals surface area contributed by atoms with Gasteiger partial charge in [0.05, 0.1) is 11.2 Å². The molecule has 4 heteroatoms. The molecular weight excluding hydrogens is 267 g/mol. The third kappa shape index (κ3) is 2.85. The molecule has 106 valence electrons. The minimum Gasteiger partial charge on any atom is -0.484 e. The molecule has 0 atom stereocenters. The smallest absolute Gasteiger partial charge is 0.165 e. The number of nitrogens with zero attached hydrogens (tertiary/aromatic N) is 1. The Labute approximate surface area is 122 Å². The number of rotatable bonds is 4. The Hall–Kier alpha value is -2.46. The average Bonchev–Trinajstić information content (AvgIpc) is 2.53. The van der Waals surface area contributed by atoms with Crippen LogP contribution < -0.4 is 10.5 Å². The average molecular weight is 282 g/mol. The van der Waals surface area contributed by atoms with Crippen LogP contribution >= 0.6 is 0 Å². The van der Waals surface area contributed by atoms with Crippen molar-refractivity contribution in [1.82, 2.24) is 4.98 Å². The molecule has 0 spiro atoms. The summed E-state index contributed by atoms with van der Waals surface area (Å²) in [7, 11) is 0. The number of aromatic nitrogens is 1. The molecule has 0 aliphatic rings. The maximum absolute atomic E-state index is 13.8. The summed E-state index contributed by atoms with van der Waals surface area (Å²) < 4.78 is 19.4. The van der Waals surface area contributed by atoms with Crippen LogP contribution in [0.1, 0.15) is 11.3 Å². The Balaban J connectivity index is 1.83. The van der Waals surface area contributed by atoms with E-state index in [1.165, 1.54) is 6.07 Å². The topological polar surface area (TPSA) is 48.1 Å². The van der Waals surface area contributed by atoms with Gasteiger partial charge < -0.3 is 10.5 Å². The van der Waals surface area contributed by atoms with Crippen LogP contribution in [-0.4, -0.2) is 4.98 Å². The van der Waals surface area contributed by atoms with Gasteiger partial charge in [0.1, 0.15) is 6.61 Å². The van der Waals surface area contributed by atoms with Crippen LogP contribution in [0, 0.1) is 5.82 Å². The van der Waals surface area contributed by atoms with Crippen LogP contribution in [0.25, 0.3) is 10.9 Å². The summed E-state index contributed by atoms with van der Waals surface area (Å²) in [6.45, 7) is 0.441. The minimum absolute atomic E-state index is 0.204. The van der Waals surface area contributed by atoms with E-state index >= 15 is 0 Å². The lowest BCUT2D eigenvalue weighted by molar-refractivity contribution is 0.283.